The molecule has 1 N–H and O–H groups in total. The molecule has 1 aromatic heterocycles. The van der Waals surface area contributed by atoms with E-state index in [0.29, 0.717) is 24.2 Å². The van der Waals surface area contributed by atoms with Crippen molar-refractivity contribution in [3.05, 3.63) is 53.0 Å². The van der Waals surface area contributed by atoms with Crippen LogP contribution in [0.15, 0.2) is 34.9 Å². The highest BCUT2D eigenvalue weighted by Crippen LogP contribution is 2.26. The quantitative estimate of drug-likeness (QED) is 0.792. The summed E-state index contributed by atoms with van der Waals surface area (Å²) in [5, 5.41) is 3.40. The number of aryl methyl sites for hydroxylation is 2. The average Bonchev–Trinajstić information content (AvgIpc) is 3.00. The van der Waals surface area contributed by atoms with Crippen LogP contribution in [-0.4, -0.2) is 32.2 Å². The third-order valence-corrected chi connectivity index (χ3v) is 3.89. The van der Waals surface area contributed by atoms with Gasteiger partial charge in [0.15, 0.2) is 0 Å². The molecule has 0 bridgehead atoms. The van der Waals surface area contributed by atoms with Gasteiger partial charge >= 0.3 is 6.61 Å². The van der Waals surface area contributed by atoms with Gasteiger partial charge in [-0.3, -0.25) is 4.90 Å². The van der Waals surface area contributed by atoms with Gasteiger partial charge in [0.25, 0.3) is 0 Å². The summed E-state index contributed by atoms with van der Waals surface area (Å²) >= 11 is 0. The maximum Gasteiger partial charge on any atom is 0.387 e. The second-order valence-electron chi connectivity index (χ2n) is 6.06. The van der Waals surface area contributed by atoms with Gasteiger partial charge in [0.1, 0.15) is 11.5 Å². The Morgan fingerprint density at radius 2 is 1.88 bits per heavy atom. The Morgan fingerprint density at radius 3 is 2.38 bits per heavy atom. The van der Waals surface area contributed by atoms with Crippen LogP contribution in [0.25, 0.3) is 0 Å². The number of rotatable bonds is 8. The summed E-state index contributed by atoms with van der Waals surface area (Å²) in [5.74, 6) is 1.16. The minimum Gasteiger partial charge on any atom is -0.468 e. The fourth-order valence-electron chi connectivity index (χ4n) is 2.79. The number of hydrogen-bond donors (Lipinski definition) is 1. The topological polar surface area (TPSA) is 37.6 Å². The number of alkyl halides is 2. The maximum absolute atomic E-state index is 12.4. The number of nitrogens with one attached hydrogen (secondary N) is 1. The van der Waals surface area contributed by atoms with Crippen LogP contribution in [0.3, 0.4) is 0 Å². The molecule has 1 aromatic carbocycles. The third-order valence-electron chi connectivity index (χ3n) is 3.89. The lowest BCUT2D eigenvalue weighted by Gasteiger charge is -2.23. The molecule has 1 unspecified atom stereocenters. The Labute approximate surface area is 141 Å². The highest BCUT2D eigenvalue weighted by Gasteiger charge is 2.16. The average molecular weight is 338 g/mol. The standard InChI is InChI=1S/C18H24F2N2O2/c1-12-8-14(9-13(2)17(12)24-18(19)20)10-21-11-15(22(3)4)16-6-5-7-23-16/h5-9,15,18,21H,10-11H2,1-4H3. The first kappa shape index (κ1) is 18.4. The van der Waals surface area contributed by atoms with Crippen LogP contribution >= 0.6 is 0 Å². The number of halogens is 2. The van der Waals surface area contributed by atoms with Crippen LogP contribution in [-0.2, 0) is 6.54 Å². The number of likely N-dealkylation sites (N-methyl/N-ethyl adjacent to an activating group) is 1. The summed E-state index contributed by atoms with van der Waals surface area (Å²) in [5.41, 5.74) is 2.45. The molecule has 4 nitrogen and oxygen atoms in total. The van der Waals surface area contributed by atoms with Crippen molar-refractivity contribution in [3.63, 3.8) is 0 Å². The lowest BCUT2D eigenvalue weighted by molar-refractivity contribution is -0.0507. The van der Waals surface area contributed by atoms with Crippen molar-refractivity contribution >= 4 is 0 Å². The molecular weight excluding hydrogens is 314 g/mol. The van der Waals surface area contributed by atoms with Gasteiger partial charge in [-0.05, 0) is 56.8 Å². The maximum atomic E-state index is 12.4. The van der Waals surface area contributed by atoms with E-state index in [4.69, 9.17) is 4.42 Å². The molecule has 0 saturated carbocycles. The summed E-state index contributed by atoms with van der Waals surface area (Å²) in [6.07, 6.45) is 1.67. The van der Waals surface area contributed by atoms with E-state index in [1.54, 1.807) is 20.1 Å². The van der Waals surface area contributed by atoms with Crippen molar-refractivity contribution in [1.29, 1.82) is 0 Å². The smallest absolute Gasteiger partial charge is 0.387 e. The van der Waals surface area contributed by atoms with Crippen LogP contribution in [0.2, 0.25) is 0 Å². The van der Waals surface area contributed by atoms with E-state index in [9.17, 15) is 8.78 Å². The molecule has 2 aromatic rings. The van der Waals surface area contributed by atoms with Gasteiger partial charge in [0.2, 0.25) is 0 Å². The molecule has 24 heavy (non-hydrogen) atoms. The van der Waals surface area contributed by atoms with Crippen molar-refractivity contribution in [1.82, 2.24) is 10.2 Å². The number of benzene rings is 1. The molecule has 0 radical (unpaired) electrons. The summed E-state index contributed by atoms with van der Waals surface area (Å²) in [6, 6.07) is 7.70. The van der Waals surface area contributed by atoms with Crippen LogP contribution in [0.5, 0.6) is 5.75 Å². The predicted molar refractivity (Wildman–Crippen MR) is 89.4 cm³/mol. The first-order valence-corrected chi connectivity index (χ1v) is 7.84. The normalized spacial score (nSPS) is 12.8. The van der Waals surface area contributed by atoms with Gasteiger partial charge in [-0.25, -0.2) is 0 Å². The summed E-state index contributed by atoms with van der Waals surface area (Å²) in [7, 11) is 4.00. The van der Waals surface area contributed by atoms with Crippen molar-refractivity contribution in [3.8, 4) is 5.75 Å². The molecule has 1 heterocycles. The first-order valence-electron chi connectivity index (χ1n) is 7.84. The molecule has 0 amide bonds. The van der Waals surface area contributed by atoms with Gasteiger partial charge in [-0.2, -0.15) is 8.78 Å². The summed E-state index contributed by atoms with van der Waals surface area (Å²) in [6.45, 7) is 2.11. The van der Waals surface area contributed by atoms with Gasteiger partial charge in [0.05, 0.1) is 12.3 Å². The number of furan rings is 1. The Balaban J connectivity index is 1.99. The van der Waals surface area contributed by atoms with Crippen molar-refractivity contribution in [2.45, 2.75) is 33.0 Å². The largest absolute Gasteiger partial charge is 0.468 e. The van der Waals surface area contributed by atoms with E-state index in [0.717, 1.165) is 11.3 Å². The molecular formula is C18H24F2N2O2. The minimum absolute atomic E-state index is 0.128. The fraction of sp³-hybridized carbons (Fsp3) is 0.444. The van der Waals surface area contributed by atoms with Gasteiger partial charge in [0, 0.05) is 13.1 Å². The lowest BCUT2D eigenvalue weighted by Crippen LogP contribution is -2.30. The van der Waals surface area contributed by atoms with Crippen LogP contribution in [0.4, 0.5) is 8.78 Å². The zero-order chi connectivity index (χ0) is 17.7. The molecule has 0 fully saturated rings. The highest BCUT2D eigenvalue weighted by atomic mass is 19.3. The number of nitrogens with zero attached hydrogens (tertiary/aromatic N) is 1. The molecule has 2 rings (SSSR count). The van der Waals surface area contributed by atoms with E-state index in [2.05, 4.69) is 15.0 Å². The Kier molecular flexibility index (Phi) is 6.34. The minimum atomic E-state index is -2.81. The highest BCUT2D eigenvalue weighted by molar-refractivity contribution is 5.43. The van der Waals surface area contributed by atoms with Gasteiger partial charge in [-0.15, -0.1) is 0 Å². The van der Waals surface area contributed by atoms with Crippen molar-refractivity contribution < 1.29 is 17.9 Å². The third kappa shape index (κ3) is 4.79. The number of hydrogen-bond acceptors (Lipinski definition) is 4. The predicted octanol–water partition coefficient (Wildman–Crippen LogP) is 3.89. The molecule has 0 aliphatic heterocycles. The molecule has 0 aliphatic carbocycles. The van der Waals surface area contributed by atoms with E-state index >= 15 is 0 Å². The van der Waals surface area contributed by atoms with E-state index in [1.165, 1.54) is 0 Å². The molecule has 0 spiro atoms. The van der Waals surface area contributed by atoms with E-state index < -0.39 is 6.61 Å². The molecule has 6 heteroatoms. The van der Waals surface area contributed by atoms with Crippen molar-refractivity contribution in [2.24, 2.45) is 0 Å². The van der Waals surface area contributed by atoms with Gasteiger partial charge in [-0.1, -0.05) is 12.1 Å². The molecule has 132 valence electrons. The monoisotopic (exact) mass is 338 g/mol. The fourth-order valence-corrected chi connectivity index (χ4v) is 2.79. The summed E-state index contributed by atoms with van der Waals surface area (Å²) in [4.78, 5) is 2.09. The van der Waals surface area contributed by atoms with Crippen LogP contribution < -0.4 is 10.1 Å². The zero-order valence-corrected chi connectivity index (χ0v) is 14.5. The zero-order valence-electron chi connectivity index (χ0n) is 14.5. The molecule has 0 saturated heterocycles. The Bertz CT molecular complexity index is 619. The first-order chi connectivity index (χ1) is 11.4. The second kappa shape index (κ2) is 8.26. The number of ether oxygens (including phenoxy) is 1. The van der Waals surface area contributed by atoms with E-state index in [-0.39, 0.29) is 11.8 Å². The van der Waals surface area contributed by atoms with Gasteiger partial charge < -0.3 is 14.5 Å². The van der Waals surface area contributed by atoms with Crippen LogP contribution in [0, 0.1) is 13.8 Å². The lowest BCUT2D eigenvalue weighted by atomic mass is 10.1. The SMILES string of the molecule is Cc1cc(CNCC(c2ccco2)N(C)C)cc(C)c1OC(F)F. The van der Waals surface area contributed by atoms with Crippen molar-refractivity contribution in [2.75, 3.05) is 20.6 Å². The molecule has 1 atom stereocenters. The molecule has 0 aliphatic rings. The van der Waals surface area contributed by atoms with E-state index in [1.807, 2.05) is 38.4 Å². The van der Waals surface area contributed by atoms with Crippen LogP contribution in [0.1, 0.15) is 28.5 Å². The second-order valence-corrected chi connectivity index (χ2v) is 6.06. The summed E-state index contributed by atoms with van der Waals surface area (Å²) < 4.78 is 34.9. The Hall–Kier alpha value is -1.92. The Morgan fingerprint density at radius 1 is 1.21 bits per heavy atom.